The molecule has 0 saturated carbocycles. The van der Waals surface area contributed by atoms with Crippen molar-refractivity contribution in [3.05, 3.63) is 0 Å². The van der Waals surface area contributed by atoms with Crippen LogP contribution in [0.25, 0.3) is 0 Å². The van der Waals surface area contributed by atoms with E-state index in [9.17, 15) is 0 Å². The first-order valence-electron chi connectivity index (χ1n) is 4.96. The van der Waals surface area contributed by atoms with Crippen LogP contribution >= 0.6 is 0 Å². The highest BCUT2D eigenvalue weighted by Crippen LogP contribution is 2.16. The van der Waals surface area contributed by atoms with Crippen molar-refractivity contribution in [2.24, 2.45) is 0 Å². The van der Waals surface area contributed by atoms with Crippen molar-refractivity contribution >= 4 is 0 Å². The van der Waals surface area contributed by atoms with Gasteiger partial charge in [0.25, 0.3) is 0 Å². The standard InChI is InChI=1S/C9H18N2/c1-2-4-7-10(6-3-1)11-8-5-9-11/h1-9H2. The highest BCUT2D eigenvalue weighted by atomic mass is 15.6. The van der Waals surface area contributed by atoms with Crippen molar-refractivity contribution in [1.29, 1.82) is 0 Å². The Bertz CT molecular complexity index is 113. The van der Waals surface area contributed by atoms with Crippen LogP contribution in [0.4, 0.5) is 0 Å². The first-order valence-corrected chi connectivity index (χ1v) is 4.96. The molecule has 2 rings (SSSR count). The lowest BCUT2D eigenvalue weighted by molar-refractivity contribution is -0.0696. The summed E-state index contributed by atoms with van der Waals surface area (Å²) in [5, 5.41) is 5.09. The Morgan fingerprint density at radius 1 is 0.455 bits per heavy atom. The van der Waals surface area contributed by atoms with Crippen LogP contribution < -0.4 is 0 Å². The molecule has 2 aliphatic heterocycles. The van der Waals surface area contributed by atoms with Gasteiger partial charge in [-0.2, -0.15) is 0 Å². The third-order valence-corrected chi connectivity index (χ3v) is 2.81. The van der Waals surface area contributed by atoms with Gasteiger partial charge >= 0.3 is 0 Å². The van der Waals surface area contributed by atoms with Gasteiger partial charge < -0.3 is 0 Å². The average molecular weight is 154 g/mol. The smallest absolute Gasteiger partial charge is 0.0146 e. The average Bonchev–Trinajstić information content (AvgIpc) is 2.12. The Morgan fingerprint density at radius 3 is 1.27 bits per heavy atom. The molecule has 0 aliphatic carbocycles. The number of hydrogen-bond donors (Lipinski definition) is 0. The zero-order chi connectivity index (χ0) is 7.52. The highest BCUT2D eigenvalue weighted by molar-refractivity contribution is 4.69. The fourth-order valence-electron chi connectivity index (χ4n) is 1.92. The van der Waals surface area contributed by atoms with Crippen molar-refractivity contribution in [2.75, 3.05) is 26.2 Å². The fraction of sp³-hybridized carbons (Fsp3) is 1.00. The molecule has 0 amide bonds. The number of rotatable bonds is 1. The van der Waals surface area contributed by atoms with E-state index < -0.39 is 0 Å². The summed E-state index contributed by atoms with van der Waals surface area (Å²) < 4.78 is 0. The molecule has 2 heterocycles. The monoisotopic (exact) mass is 154 g/mol. The zero-order valence-electron chi connectivity index (χ0n) is 7.26. The van der Waals surface area contributed by atoms with Crippen molar-refractivity contribution in [2.45, 2.75) is 32.1 Å². The summed E-state index contributed by atoms with van der Waals surface area (Å²) in [7, 11) is 0. The summed E-state index contributed by atoms with van der Waals surface area (Å²) in [5.74, 6) is 0. The Hall–Kier alpha value is -0.0800. The molecule has 2 saturated heterocycles. The Kier molecular flexibility index (Phi) is 2.44. The number of hydrazine groups is 1. The van der Waals surface area contributed by atoms with Crippen LogP contribution in [-0.4, -0.2) is 36.2 Å². The summed E-state index contributed by atoms with van der Waals surface area (Å²) in [5.41, 5.74) is 0. The Labute approximate surface area is 69.1 Å². The Balaban J connectivity index is 1.80. The predicted molar refractivity (Wildman–Crippen MR) is 46.2 cm³/mol. The van der Waals surface area contributed by atoms with Crippen LogP contribution in [0, 0.1) is 0 Å². The summed E-state index contributed by atoms with van der Waals surface area (Å²) in [6.45, 7) is 5.28. The van der Waals surface area contributed by atoms with Crippen molar-refractivity contribution in [3.8, 4) is 0 Å². The maximum atomic E-state index is 2.57. The summed E-state index contributed by atoms with van der Waals surface area (Å²) >= 11 is 0. The molecule has 0 aromatic rings. The molecule has 2 fully saturated rings. The lowest BCUT2D eigenvalue weighted by Crippen LogP contribution is -2.50. The maximum Gasteiger partial charge on any atom is 0.0146 e. The first-order chi connectivity index (χ1) is 5.47. The molecule has 0 unspecified atom stereocenters. The molecule has 0 spiro atoms. The van der Waals surface area contributed by atoms with Crippen molar-refractivity contribution in [1.82, 2.24) is 10.0 Å². The lowest BCUT2D eigenvalue weighted by atomic mass is 10.2. The molecule has 0 atom stereocenters. The van der Waals surface area contributed by atoms with E-state index in [0.717, 1.165) is 0 Å². The zero-order valence-corrected chi connectivity index (χ0v) is 7.26. The molecular weight excluding hydrogens is 136 g/mol. The van der Waals surface area contributed by atoms with Crippen LogP contribution in [0.1, 0.15) is 32.1 Å². The van der Waals surface area contributed by atoms with Crippen LogP contribution in [-0.2, 0) is 0 Å². The van der Waals surface area contributed by atoms with Gasteiger partial charge in [-0.15, -0.1) is 0 Å². The van der Waals surface area contributed by atoms with Gasteiger partial charge in [0.15, 0.2) is 0 Å². The van der Waals surface area contributed by atoms with Crippen molar-refractivity contribution in [3.63, 3.8) is 0 Å². The molecule has 0 aromatic heterocycles. The number of nitrogens with zero attached hydrogens (tertiary/aromatic N) is 2. The summed E-state index contributed by atoms with van der Waals surface area (Å²) in [4.78, 5) is 0. The molecule has 2 heteroatoms. The molecule has 0 N–H and O–H groups in total. The topological polar surface area (TPSA) is 6.48 Å². The van der Waals surface area contributed by atoms with Gasteiger partial charge in [-0.05, 0) is 19.3 Å². The normalized spacial score (nSPS) is 29.5. The second-order valence-corrected chi connectivity index (χ2v) is 3.68. The predicted octanol–water partition coefficient (Wildman–Crippen LogP) is 1.48. The van der Waals surface area contributed by atoms with Gasteiger partial charge in [0, 0.05) is 26.2 Å². The molecule has 0 radical (unpaired) electrons. The first kappa shape index (κ1) is 7.56. The molecular formula is C9H18N2. The third kappa shape index (κ3) is 1.74. The fourth-order valence-corrected chi connectivity index (χ4v) is 1.92. The van der Waals surface area contributed by atoms with E-state index in [1.54, 1.807) is 0 Å². The van der Waals surface area contributed by atoms with Gasteiger partial charge in [0.1, 0.15) is 0 Å². The third-order valence-electron chi connectivity index (χ3n) is 2.81. The molecule has 64 valence electrons. The van der Waals surface area contributed by atoms with E-state index in [1.165, 1.54) is 58.3 Å². The van der Waals surface area contributed by atoms with Gasteiger partial charge in [0.05, 0.1) is 0 Å². The molecule has 11 heavy (non-hydrogen) atoms. The largest absolute Gasteiger partial charge is 0.242 e. The van der Waals surface area contributed by atoms with E-state index in [4.69, 9.17) is 0 Å². The minimum atomic E-state index is 1.32. The lowest BCUT2D eigenvalue weighted by Gasteiger charge is -2.40. The van der Waals surface area contributed by atoms with Crippen LogP contribution in [0.3, 0.4) is 0 Å². The molecule has 2 aliphatic rings. The molecule has 0 bridgehead atoms. The van der Waals surface area contributed by atoms with E-state index in [2.05, 4.69) is 10.0 Å². The highest BCUT2D eigenvalue weighted by Gasteiger charge is 2.21. The SMILES string of the molecule is C1CCCN(N2CCC2)CC1. The van der Waals surface area contributed by atoms with Gasteiger partial charge in [-0.25, -0.2) is 10.0 Å². The molecule has 2 nitrogen and oxygen atoms in total. The Morgan fingerprint density at radius 2 is 0.909 bits per heavy atom. The summed E-state index contributed by atoms with van der Waals surface area (Å²) in [6.07, 6.45) is 7.14. The van der Waals surface area contributed by atoms with E-state index in [0.29, 0.717) is 0 Å². The van der Waals surface area contributed by atoms with E-state index in [-0.39, 0.29) is 0 Å². The second-order valence-electron chi connectivity index (χ2n) is 3.68. The maximum absolute atomic E-state index is 2.57. The van der Waals surface area contributed by atoms with Crippen molar-refractivity contribution < 1.29 is 0 Å². The van der Waals surface area contributed by atoms with Crippen LogP contribution in [0.2, 0.25) is 0 Å². The van der Waals surface area contributed by atoms with Gasteiger partial charge in [0.2, 0.25) is 0 Å². The van der Waals surface area contributed by atoms with E-state index in [1.807, 2.05) is 0 Å². The van der Waals surface area contributed by atoms with Crippen LogP contribution in [0.15, 0.2) is 0 Å². The van der Waals surface area contributed by atoms with Gasteiger partial charge in [-0.1, -0.05) is 12.8 Å². The van der Waals surface area contributed by atoms with Gasteiger partial charge in [-0.3, -0.25) is 0 Å². The second kappa shape index (κ2) is 3.55. The molecule has 0 aromatic carbocycles. The van der Waals surface area contributed by atoms with Crippen LogP contribution in [0.5, 0.6) is 0 Å². The number of hydrogen-bond acceptors (Lipinski definition) is 2. The van der Waals surface area contributed by atoms with E-state index >= 15 is 0 Å². The minimum Gasteiger partial charge on any atom is -0.242 e. The quantitative estimate of drug-likeness (QED) is 0.564. The minimum absolute atomic E-state index is 1.32. The summed E-state index contributed by atoms with van der Waals surface area (Å²) in [6, 6.07) is 0.